The molecule has 1 aromatic carbocycles. The van der Waals surface area contributed by atoms with Crippen molar-refractivity contribution in [2.75, 3.05) is 23.5 Å². The zero-order valence-corrected chi connectivity index (χ0v) is 11.4. The molecule has 0 radical (unpaired) electrons. The Bertz CT molecular complexity index is 393. The standard InChI is InChI=1S/C13H16ClNOS/c1-17-7-6-10-2-4-12(5-3-10)15-9-11(14)8-13(15)16/h2-5,11H,6-9H2,1H3. The first-order chi connectivity index (χ1) is 8.20. The van der Waals surface area contributed by atoms with E-state index in [9.17, 15) is 4.79 Å². The van der Waals surface area contributed by atoms with Gasteiger partial charge in [0.2, 0.25) is 5.91 Å². The van der Waals surface area contributed by atoms with Gasteiger partial charge in [-0.1, -0.05) is 12.1 Å². The van der Waals surface area contributed by atoms with Gasteiger partial charge in [0.15, 0.2) is 0 Å². The normalized spacial score (nSPS) is 20.0. The molecule has 0 spiro atoms. The van der Waals surface area contributed by atoms with Gasteiger partial charge in [0.25, 0.3) is 0 Å². The Morgan fingerprint density at radius 3 is 2.65 bits per heavy atom. The number of halogens is 1. The molecular formula is C13H16ClNOS. The number of hydrogen-bond acceptors (Lipinski definition) is 2. The van der Waals surface area contributed by atoms with Crippen LogP contribution in [0.4, 0.5) is 5.69 Å². The molecule has 0 bridgehead atoms. The van der Waals surface area contributed by atoms with Crippen molar-refractivity contribution in [2.45, 2.75) is 18.2 Å². The van der Waals surface area contributed by atoms with Crippen molar-refractivity contribution in [1.82, 2.24) is 0 Å². The van der Waals surface area contributed by atoms with Crippen molar-refractivity contribution in [3.63, 3.8) is 0 Å². The molecule has 1 amide bonds. The summed E-state index contributed by atoms with van der Waals surface area (Å²) in [6.07, 6.45) is 3.64. The van der Waals surface area contributed by atoms with Crippen LogP contribution in [0.2, 0.25) is 0 Å². The highest BCUT2D eigenvalue weighted by Crippen LogP contribution is 2.24. The Morgan fingerprint density at radius 1 is 1.41 bits per heavy atom. The first kappa shape index (κ1) is 12.8. The summed E-state index contributed by atoms with van der Waals surface area (Å²) in [4.78, 5) is 13.5. The number of anilines is 1. The second-order valence-corrected chi connectivity index (χ2v) is 5.82. The summed E-state index contributed by atoms with van der Waals surface area (Å²) in [5.74, 6) is 1.26. The minimum Gasteiger partial charge on any atom is -0.311 e. The minimum absolute atomic E-state index is 0.0429. The number of carbonyl (C=O) groups excluding carboxylic acids is 1. The SMILES string of the molecule is CSCCc1ccc(N2CC(Cl)CC2=O)cc1. The van der Waals surface area contributed by atoms with Crippen molar-refractivity contribution in [1.29, 1.82) is 0 Å². The van der Waals surface area contributed by atoms with E-state index in [0.717, 1.165) is 17.9 Å². The average molecular weight is 270 g/mol. The van der Waals surface area contributed by atoms with Crippen LogP contribution in [0, 0.1) is 0 Å². The van der Waals surface area contributed by atoms with Gasteiger partial charge < -0.3 is 4.90 Å². The largest absolute Gasteiger partial charge is 0.311 e. The van der Waals surface area contributed by atoms with Crippen LogP contribution >= 0.6 is 23.4 Å². The molecule has 4 heteroatoms. The van der Waals surface area contributed by atoms with Crippen LogP contribution < -0.4 is 4.90 Å². The molecule has 0 saturated carbocycles. The Hall–Kier alpha value is -0.670. The lowest BCUT2D eigenvalue weighted by atomic mass is 10.1. The molecule has 92 valence electrons. The third-order valence-corrected chi connectivity index (χ3v) is 3.83. The summed E-state index contributed by atoms with van der Waals surface area (Å²) in [5.41, 5.74) is 2.28. The van der Waals surface area contributed by atoms with Crippen molar-refractivity contribution >= 4 is 35.0 Å². The summed E-state index contributed by atoms with van der Waals surface area (Å²) in [6, 6.07) is 8.23. The third kappa shape index (κ3) is 3.17. The van der Waals surface area contributed by atoms with E-state index in [1.54, 1.807) is 4.90 Å². The maximum atomic E-state index is 11.7. The van der Waals surface area contributed by atoms with Crippen LogP contribution in [0.25, 0.3) is 0 Å². The molecular weight excluding hydrogens is 254 g/mol. The molecule has 1 aromatic rings. The predicted molar refractivity (Wildman–Crippen MR) is 75.1 cm³/mol. The Balaban J connectivity index is 2.05. The molecule has 0 aliphatic carbocycles. The van der Waals surface area contributed by atoms with Crippen LogP contribution in [0.1, 0.15) is 12.0 Å². The van der Waals surface area contributed by atoms with E-state index < -0.39 is 0 Å². The van der Waals surface area contributed by atoms with Gasteiger partial charge in [-0.15, -0.1) is 11.6 Å². The number of carbonyl (C=O) groups is 1. The van der Waals surface area contributed by atoms with Gasteiger partial charge in [-0.2, -0.15) is 11.8 Å². The number of thioether (sulfide) groups is 1. The van der Waals surface area contributed by atoms with Gasteiger partial charge in [-0.05, 0) is 36.1 Å². The molecule has 17 heavy (non-hydrogen) atoms. The van der Waals surface area contributed by atoms with E-state index in [0.29, 0.717) is 13.0 Å². The number of benzene rings is 1. The lowest BCUT2D eigenvalue weighted by Crippen LogP contribution is -2.24. The fraction of sp³-hybridized carbons (Fsp3) is 0.462. The van der Waals surface area contributed by atoms with Crippen molar-refractivity contribution in [3.8, 4) is 0 Å². The summed E-state index contributed by atoms with van der Waals surface area (Å²) in [6.45, 7) is 0.630. The van der Waals surface area contributed by atoms with Crippen LogP contribution in [0.5, 0.6) is 0 Å². The summed E-state index contributed by atoms with van der Waals surface area (Å²) >= 11 is 7.83. The lowest BCUT2D eigenvalue weighted by Gasteiger charge is -2.16. The number of alkyl halides is 1. The molecule has 1 unspecified atom stereocenters. The Labute approximate surface area is 111 Å². The molecule has 1 saturated heterocycles. The number of nitrogens with zero attached hydrogens (tertiary/aromatic N) is 1. The van der Waals surface area contributed by atoms with Crippen LogP contribution in [-0.2, 0) is 11.2 Å². The van der Waals surface area contributed by atoms with E-state index in [4.69, 9.17) is 11.6 Å². The fourth-order valence-corrected chi connectivity index (χ4v) is 2.69. The highest BCUT2D eigenvalue weighted by molar-refractivity contribution is 7.98. The molecule has 1 fully saturated rings. The summed E-state index contributed by atoms with van der Waals surface area (Å²) < 4.78 is 0. The van der Waals surface area contributed by atoms with Crippen LogP contribution in [-0.4, -0.2) is 29.8 Å². The predicted octanol–water partition coefficient (Wildman–Crippen LogP) is 2.94. The third-order valence-electron chi connectivity index (χ3n) is 2.92. The van der Waals surface area contributed by atoms with Crippen LogP contribution in [0.15, 0.2) is 24.3 Å². The van der Waals surface area contributed by atoms with E-state index in [1.165, 1.54) is 5.56 Å². The van der Waals surface area contributed by atoms with Gasteiger partial charge in [0, 0.05) is 18.7 Å². The van der Waals surface area contributed by atoms with Crippen molar-refractivity contribution < 1.29 is 4.79 Å². The summed E-state index contributed by atoms with van der Waals surface area (Å²) in [7, 11) is 0. The molecule has 1 heterocycles. The smallest absolute Gasteiger partial charge is 0.228 e. The quantitative estimate of drug-likeness (QED) is 0.784. The molecule has 1 aliphatic rings. The van der Waals surface area contributed by atoms with E-state index >= 15 is 0 Å². The number of rotatable bonds is 4. The number of hydrogen-bond donors (Lipinski definition) is 0. The van der Waals surface area contributed by atoms with Gasteiger partial charge >= 0.3 is 0 Å². The van der Waals surface area contributed by atoms with E-state index in [1.807, 2.05) is 23.9 Å². The van der Waals surface area contributed by atoms with Crippen molar-refractivity contribution in [2.24, 2.45) is 0 Å². The Morgan fingerprint density at radius 2 is 2.12 bits per heavy atom. The van der Waals surface area contributed by atoms with Crippen LogP contribution in [0.3, 0.4) is 0 Å². The van der Waals surface area contributed by atoms with Gasteiger partial charge in [-0.25, -0.2) is 0 Å². The highest BCUT2D eigenvalue weighted by atomic mass is 35.5. The van der Waals surface area contributed by atoms with E-state index in [2.05, 4.69) is 18.4 Å². The second-order valence-electron chi connectivity index (χ2n) is 4.21. The molecule has 2 rings (SSSR count). The monoisotopic (exact) mass is 269 g/mol. The van der Waals surface area contributed by atoms with Gasteiger partial charge in [-0.3, -0.25) is 4.79 Å². The minimum atomic E-state index is -0.0429. The maximum absolute atomic E-state index is 11.7. The fourth-order valence-electron chi connectivity index (χ4n) is 1.98. The molecule has 0 aromatic heterocycles. The first-order valence-electron chi connectivity index (χ1n) is 5.73. The highest BCUT2D eigenvalue weighted by Gasteiger charge is 2.28. The molecule has 1 aliphatic heterocycles. The molecule has 0 N–H and O–H groups in total. The lowest BCUT2D eigenvalue weighted by molar-refractivity contribution is -0.117. The summed E-state index contributed by atoms with van der Waals surface area (Å²) in [5, 5.41) is -0.0429. The van der Waals surface area contributed by atoms with Gasteiger partial charge in [0.05, 0.1) is 5.38 Å². The Kier molecular flexibility index (Phi) is 4.35. The van der Waals surface area contributed by atoms with E-state index in [-0.39, 0.29) is 11.3 Å². The maximum Gasteiger partial charge on any atom is 0.228 e. The zero-order chi connectivity index (χ0) is 12.3. The molecule has 1 atom stereocenters. The van der Waals surface area contributed by atoms with Gasteiger partial charge in [0.1, 0.15) is 0 Å². The first-order valence-corrected chi connectivity index (χ1v) is 7.56. The topological polar surface area (TPSA) is 20.3 Å². The molecule has 2 nitrogen and oxygen atoms in total. The second kappa shape index (κ2) is 5.78. The van der Waals surface area contributed by atoms with Crippen molar-refractivity contribution in [3.05, 3.63) is 29.8 Å². The zero-order valence-electron chi connectivity index (χ0n) is 9.86. The average Bonchev–Trinajstić information content (AvgIpc) is 2.66. The number of amides is 1. The number of aryl methyl sites for hydroxylation is 1.